The number of methoxy groups -OCH3 is 1. The van der Waals surface area contributed by atoms with Gasteiger partial charge in [-0.15, -0.1) is 12.4 Å². The highest BCUT2D eigenvalue weighted by Crippen LogP contribution is 2.33. The Balaban J connectivity index is 0.00000289. The van der Waals surface area contributed by atoms with E-state index >= 15 is 0 Å². The standard InChI is InChI=1S/C13H18ClNO2.ClH/c1-8-5-6-9(7-10(8)14)11(15)13(2,3)12(16)17-4;/h5-7,11H,15H2,1-4H3;1H/t11-;/m0./s1. The van der Waals surface area contributed by atoms with Crippen molar-refractivity contribution in [1.82, 2.24) is 0 Å². The molecule has 1 aromatic carbocycles. The van der Waals surface area contributed by atoms with Crippen LogP contribution in [-0.2, 0) is 9.53 Å². The van der Waals surface area contributed by atoms with Gasteiger partial charge in [-0.3, -0.25) is 4.79 Å². The van der Waals surface area contributed by atoms with Crippen molar-refractivity contribution in [3.63, 3.8) is 0 Å². The minimum absolute atomic E-state index is 0. The summed E-state index contributed by atoms with van der Waals surface area (Å²) in [4.78, 5) is 11.7. The molecule has 0 aliphatic rings. The van der Waals surface area contributed by atoms with Crippen molar-refractivity contribution in [2.24, 2.45) is 11.1 Å². The lowest BCUT2D eigenvalue weighted by Gasteiger charge is -2.29. The zero-order valence-electron chi connectivity index (χ0n) is 11.0. The maximum absolute atomic E-state index is 11.7. The Kier molecular flexibility index (Phi) is 6.14. The van der Waals surface area contributed by atoms with E-state index in [1.807, 2.05) is 19.1 Å². The van der Waals surface area contributed by atoms with Crippen LogP contribution < -0.4 is 5.73 Å². The Morgan fingerprint density at radius 2 is 2.00 bits per heavy atom. The van der Waals surface area contributed by atoms with Gasteiger partial charge in [-0.05, 0) is 38.0 Å². The maximum atomic E-state index is 11.7. The molecule has 0 amide bonds. The first-order valence-electron chi connectivity index (χ1n) is 5.40. The Morgan fingerprint density at radius 1 is 1.44 bits per heavy atom. The summed E-state index contributed by atoms with van der Waals surface area (Å²) >= 11 is 6.05. The summed E-state index contributed by atoms with van der Waals surface area (Å²) in [5.41, 5.74) is 7.14. The largest absolute Gasteiger partial charge is 0.469 e. The fraction of sp³-hybridized carbons (Fsp3) is 0.462. The molecule has 0 fully saturated rings. The second-order valence-electron chi connectivity index (χ2n) is 4.70. The minimum atomic E-state index is -0.784. The number of carbonyl (C=O) groups excluding carboxylic acids is 1. The van der Waals surface area contributed by atoms with Gasteiger partial charge in [0.25, 0.3) is 0 Å². The van der Waals surface area contributed by atoms with Crippen molar-refractivity contribution < 1.29 is 9.53 Å². The zero-order chi connectivity index (χ0) is 13.2. The maximum Gasteiger partial charge on any atom is 0.313 e. The highest BCUT2D eigenvalue weighted by Gasteiger charge is 2.36. The summed E-state index contributed by atoms with van der Waals surface area (Å²) < 4.78 is 4.76. The Hall–Kier alpha value is -0.770. The van der Waals surface area contributed by atoms with E-state index in [1.54, 1.807) is 19.9 Å². The Morgan fingerprint density at radius 3 is 2.44 bits per heavy atom. The molecule has 18 heavy (non-hydrogen) atoms. The molecule has 2 N–H and O–H groups in total. The van der Waals surface area contributed by atoms with Crippen molar-refractivity contribution in [3.8, 4) is 0 Å². The predicted molar refractivity (Wildman–Crippen MR) is 76.2 cm³/mol. The van der Waals surface area contributed by atoms with Gasteiger partial charge in [-0.1, -0.05) is 23.7 Å². The molecule has 5 heteroatoms. The first-order chi connectivity index (χ1) is 7.80. The number of aryl methyl sites for hydroxylation is 1. The molecule has 1 rings (SSSR count). The average Bonchev–Trinajstić information content (AvgIpc) is 2.30. The molecule has 1 atom stereocenters. The van der Waals surface area contributed by atoms with Crippen LogP contribution in [0.3, 0.4) is 0 Å². The molecule has 0 unspecified atom stereocenters. The van der Waals surface area contributed by atoms with E-state index in [4.69, 9.17) is 22.1 Å². The van der Waals surface area contributed by atoms with Crippen molar-refractivity contribution in [2.45, 2.75) is 26.8 Å². The molecule has 0 spiro atoms. The second kappa shape index (κ2) is 6.41. The van der Waals surface area contributed by atoms with Crippen LogP contribution in [0.15, 0.2) is 18.2 Å². The topological polar surface area (TPSA) is 52.3 Å². The van der Waals surface area contributed by atoms with E-state index in [-0.39, 0.29) is 18.4 Å². The summed E-state index contributed by atoms with van der Waals surface area (Å²) in [6.45, 7) is 5.44. The summed E-state index contributed by atoms with van der Waals surface area (Å²) in [7, 11) is 1.36. The number of carbonyl (C=O) groups is 1. The van der Waals surface area contributed by atoms with Crippen LogP contribution in [0.1, 0.15) is 31.0 Å². The smallest absolute Gasteiger partial charge is 0.313 e. The summed E-state index contributed by atoms with van der Waals surface area (Å²) in [6, 6.07) is 5.13. The quantitative estimate of drug-likeness (QED) is 0.870. The summed E-state index contributed by atoms with van der Waals surface area (Å²) in [5.74, 6) is -0.332. The van der Waals surface area contributed by atoms with Crippen molar-refractivity contribution in [3.05, 3.63) is 34.3 Å². The zero-order valence-corrected chi connectivity index (χ0v) is 12.6. The number of hydrogen-bond donors (Lipinski definition) is 1. The Bertz CT molecular complexity index is 433. The molecule has 102 valence electrons. The SMILES string of the molecule is COC(=O)C(C)(C)[C@@H](N)c1ccc(C)c(Cl)c1.Cl. The molecule has 0 aromatic heterocycles. The highest BCUT2D eigenvalue weighted by atomic mass is 35.5. The molecule has 0 aliphatic heterocycles. The predicted octanol–water partition coefficient (Wildman–Crippen LogP) is 3.27. The molecular formula is C13H19Cl2NO2. The lowest BCUT2D eigenvalue weighted by atomic mass is 9.81. The highest BCUT2D eigenvalue weighted by molar-refractivity contribution is 6.31. The number of rotatable bonds is 3. The van der Waals surface area contributed by atoms with Gasteiger partial charge in [0.1, 0.15) is 0 Å². The fourth-order valence-electron chi connectivity index (χ4n) is 1.61. The van der Waals surface area contributed by atoms with Gasteiger partial charge >= 0.3 is 5.97 Å². The Labute approximate surface area is 119 Å². The molecular weight excluding hydrogens is 273 g/mol. The van der Waals surface area contributed by atoms with E-state index in [1.165, 1.54) is 7.11 Å². The average molecular weight is 292 g/mol. The third-order valence-electron chi connectivity index (χ3n) is 3.04. The van der Waals surface area contributed by atoms with Crippen molar-refractivity contribution >= 4 is 30.0 Å². The lowest BCUT2D eigenvalue weighted by Crippen LogP contribution is -2.37. The molecule has 0 radical (unpaired) electrons. The van der Waals surface area contributed by atoms with E-state index in [0.29, 0.717) is 5.02 Å². The number of benzene rings is 1. The van der Waals surface area contributed by atoms with Gasteiger partial charge in [-0.2, -0.15) is 0 Å². The summed E-state index contributed by atoms with van der Waals surface area (Å²) in [6.07, 6.45) is 0. The van der Waals surface area contributed by atoms with Crippen LogP contribution in [-0.4, -0.2) is 13.1 Å². The van der Waals surface area contributed by atoms with Crippen molar-refractivity contribution in [1.29, 1.82) is 0 Å². The van der Waals surface area contributed by atoms with Gasteiger partial charge in [0, 0.05) is 11.1 Å². The first-order valence-corrected chi connectivity index (χ1v) is 5.78. The van der Waals surface area contributed by atoms with E-state index in [2.05, 4.69) is 0 Å². The number of halogens is 2. The number of ether oxygens (including phenoxy) is 1. The molecule has 0 saturated heterocycles. The first kappa shape index (κ1) is 17.2. The fourth-order valence-corrected chi connectivity index (χ4v) is 1.80. The monoisotopic (exact) mass is 291 g/mol. The normalized spacial score (nSPS) is 12.6. The van der Waals surface area contributed by atoms with Gasteiger partial charge in [0.15, 0.2) is 0 Å². The van der Waals surface area contributed by atoms with E-state index in [0.717, 1.165) is 11.1 Å². The number of esters is 1. The van der Waals surface area contributed by atoms with Crippen LogP contribution in [0.4, 0.5) is 0 Å². The molecule has 0 heterocycles. The van der Waals surface area contributed by atoms with Gasteiger partial charge < -0.3 is 10.5 Å². The molecule has 0 saturated carbocycles. The van der Waals surface area contributed by atoms with Crippen LogP contribution in [0, 0.1) is 12.3 Å². The van der Waals surface area contributed by atoms with Gasteiger partial charge in [-0.25, -0.2) is 0 Å². The third kappa shape index (κ3) is 3.37. The molecule has 0 bridgehead atoms. The van der Waals surface area contributed by atoms with Crippen LogP contribution in [0.2, 0.25) is 5.02 Å². The van der Waals surface area contributed by atoms with Gasteiger partial charge in [0.05, 0.1) is 12.5 Å². The van der Waals surface area contributed by atoms with Crippen LogP contribution >= 0.6 is 24.0 Å². The lowest BCUT2D eigenvalue weighted by molar-refractivity contribution is -0.152. The third-order valence-corrected chi connectivity index (χ3v) is 3.45. The number of nitrogens with two attached hydrogens (primary N) is 1. The van der Waals surface area contributed by atoms with E-state index in [9.17, 15) is 4.79 Å². The van der Waals surface area contributed by atoms with Gasteiger partial charge in [0.2, 0.25) is 0 Å². The minimum Gasteiger partial charge on any atom is -0.469 e. The molecule has 3 nitrogen and oxygen atoms in total. The van der Waals surface area contributed by atoms with Crippen LogP contribution in [0.5, 0.6) is 0 Å². The molecule has 0 aliphatic carbocycles. The van der Waals surface area contributed by atoms with E-state index < -0.39 is 11.5 Å². The molecule has 1 aromatic rings. The second-order valence-corrected chi connectivity index (χ2v) is 5.11. The van der Waals surface area contributed by atoms with Crippen molar-refractivity contribution in [2.75, 3.05) is 7.11 Å². The number of hydrogen-bond acceptors (Lipinski definition) is 3. The van der Waals surface area contributed by atoms with Crippen LogP contribution in [0.25, 0.3) is 0 Å². The summed E-state index contributed by atoms with van der Waals surface area (Å²) in [5, 5.41) is 0.651.